The van der Waals surface area contributed by atoms with Gasteiger partial charge in [-0.2, -0.15) is 18.4 Å². The molecule has 1 atom stereocenters. The molecular weight excluding hydrogens is 453 g/mol. The highest BCUT2D eigenvalue weighted by molar-refractivity contribution is 7.80. The molecule has 7 nitrogen and oxygen atoms in total. The lowest BCUT2D eigenvalue weighted by atomic mass is 10.1. The van der Waals surface area contributed by atoms with E-state index >= 15 is 0 Å². The predicted molar refractivity (Wildman–Crippen MR) is 123 cm³/mol. The van der Waals surface area contributed by atoms with Gasteiger partial charge in [0.15, 0.2) is 10.8 Å². The normalized spacial score (nSPS) is 16.2. The summed E-state index contributed by atoms with van der Waals surface area (Å²) in [5, 5.41) is 12.1. The second-order valence-electron chi connectivity index (χ2n) is 7.87. The van der Waals surface area contributed by atoms with Gasteiger partial charge >= 0.3 is 6.18 Å². The first kappa shape index (κ1) is 24.4. The Morgan fingerprint density at radius 3 is 2.42 bits per heavy atom. The quantitative estimate of drug-likeness (QED) is 0.679. The third-order valence-corrected chi connectivity index (χ3v) is 6.04. The van der Waals surface area contributed by atoms with Gasteiger partial charge in [-0.3, -0.25) is 4.79 Å². The highest BCUT2D eigenvalue weighted by atomic mass is 32.1. The SMILES string of the molecule is CN1CCC(NC(=O)c2ccc(N(C)C(=S)N(C)c3cnc(C#N)c(C(F)(F)F)c3)cc2)C1. The molecule has 0 saturated carbocycles. The number of nitrogens with zero attached hydrogens (tertiary/aromatic N) is 5. The number of amides is 1. The highest BCUT2D eigenvalue weighted by Gasteiger charge is 2.35. The molecule has 1 aromatic carbocycles. The zero-order valence-corrected chi connectivity index (χ0v) is 19.2. The minimum absolute atomic E-state index is 0.0932. The minimum atomic E-state index is -4.72. The van der Waals surface area contributed by atoms with E-state index in [1.54, 1.807) is 36.2 Å². The van der Waals surface area contributed by atoms with Crippen LogP contribution in [0.5, 0.6) is 0 Å². The summed E-state index contributed by atoms with van der Waals surface area (Å²) >= 11 is 5.45. The van der Waals surface area contributed by atoms with E-state index in [0.717, 1.165) is 25.6 Å². The van der Waals surface area contributed by atoms with Gasteiger partial charge in [-0.15, -0.1) is 0 Å². The molecule has 1 aliphatic heterocycles. The van der Waals surface area contributed by atoms with Gasteiger partial charge in [0, 0.05) is 37.9 Å². The average molecular weight is 477 g/mol. The molecule has 1 saturated heterocycles. The van der Waals surface area contributed by atoms with Crippen LogP contribution in [0, 0.1) is 11.3 Å². The Kier molecular flexibility index (Phi) is 7.19. The van der Waals surface area contributed by atoms with Crippen LogP contribution in [0.4, 0.5) is 24.5 Å². The Morgan fingerprint density at radius 1 is 1.24 bits per heavy atom. The van der Waals surface area contributed by atoms with Crippen molar-refractivity contribution in [2.24, 2.45) is 0 Å². The molecule has 3 rings (SSSR count). The molecule has 1 aliphatic rings. The Hall–Kier alpha value is -3.23. The van der Waals surface area contributed by atoms with Crippen molar-refractivity contribution in [2.75, 3.05) is 44.0 Å². The van der Waals surface area contributed by atoms with Gasteiger partial charge in [0.1, 0.15) is 6.07 Å². The van der Waals surface area contributed by atoms with Crippen LogP contribution in [0.3, 0.4) is 0 Å². The van der Waals surface area contributed by atoms with Gasteiger partial charge in [-0.25, -0.2) is 4.98 Å². The molecule has 0 spiro atoms. The Morgan fingerprint density at radius 2 is 1.88 bits per heavy atom. The number of nitriles is 1. The van der Waals surface area contributed by atoms with Crippen molar-refractivity contribution >= 4 is 34.6 Å². The largest absolute Gasteiger partial charge is 0.419 e. The van der Waals surface area contributed by atoms with Gasteiger partial charge in [-0.05, 0) is 62.6 Å². The molecule has 1 unspecified atom stereocenters. The molecule has 0 aliphatic carbocycles. The number of thiocarbonyl (C=S) groups is 1. The number of anilines is 2. The van der Waals surface area contributed by atoms with Gasteiger partial charge < -0.3 is 20.0 Å². The molecule has 11 heteroatoms. The van der Waals surface area contributed by atoms with E-state index in [-0.39, 0.29) is 22.7 Å². The summed E-state index contributed by atoms with van der Waals surface area (Å²) in [4.78, 5) is 21.2. The molecule has 0 bridgehead atoms. The Bertz CT molecular complexity index is 1080. The van der Waals surface area contributed by atoms with Crippen LogP contribution < -0.4 is 15.1 Å². The molecular formula is C22H23F3N6OS. The summed E-state index contributed by atoms with van der Waals surface area (Å²) in [6.45, 7) is 1.76. The number of halogens is 3. The maximum absolute atomic E-state index is 13.3. The second kappa shape index (κ2) is 9.72. The van der Waals surface area contributed by atoms with E-state index in [1.165, 1.54) is 24.2 Å². The van der Waals surface area contributed by atoms with Crippen LogP contribution >= 0.6 is 12.2 Å². The van der Waals surface area contributed by atoms with Crippen LogP contribution in [0.15, 0.2) is 36.5 Å². The van der Waals surface area contributed by atoms with Gasteiger partial charge in [0.2, 0.25) is 0 Å². The predicted octanol–water partition coefficient (Wildman–Crippen LogP) is 3.26. The van der Waals surface area contributed by atoms with Crippen LogP contribution in [0.1, 0.15) is 28.0 Å². The Labute approximate surface area is 195 Å². The number of carbonyl (C=O) groups is 1. The summed E-state index contributed by atoms with van der Waals surface area (Å²) < 4.78 is 39.8. The van der Waals surface area contributed by atoms with E-state index in [0.29, 0.717) is 11.3 Å². The minimum Gasteiger partial charge on any atom is -0.348 e. The number of pyridine rings is 1. The van der Waals surface area contributed by atoms with Crippen LogP contribution in [-0.2, 0) is 6.18 Å². The number of aromatic nitrogens is 1. The maximum atomic E-state index is 13.3. The molecule has 33 heavy (non-hydrogen) atoms. The lowest BCUT2D eigenvalue weighted by molar-refractivity contribution is -0.138. The first-order chi connectivity index (χ1) is 15.5. The average Bonchev–Trinajstić information content (AvgIpc) is 3.20. The Balaban J connectivity index is 1.72. The summed E-state index contributed by atoms with van der Waals surface area (Å²) in [7, 11) is 5.20. The topological polar surface area (TPSA) is 75.5 Å². The van der Waals surface area contributed by atoms with Crippen molar-refractivity contribution in [3.63, 3.8) is 0 Å². The summed E-state index contributed by atoms with van der Waals surface area (Å²) in [6, 6.07) is 9.20. The standard InChI is InChI=1S/C22H23F3N6OS/c1-29-9-8-15(13-29)28-20(32)14-4-6-16(7-5-14)30(2)21(33)31(3)17-10-18(22(23,24)25)19(11-26)27-12-17/h4-7,10,12,15H,8-9,13H2,1-3H3,(H,28,32). The highest BCUT2D eigenvalue weighted by Crippen LogP contribution is 2.33. The fraction of sp³-hybridized carbons (Fsp3) is 0.364. The van der Waals surface area contributed by atoms with E-state index in [1.807, 2.05) is 7.05 Å². The van der Waals surface area contributed by atoms with E-state index in [4.69, 9.17) is 17.5 Å². The van der Waals surface area contributed by atoms with Gasteiger partial charge in [0.25, 0.3) is 5.91 Å². The lowest BCUT2D eigenvalue weighted by Crippen LogP contribution is -2.39. The number of nitrogens with one attached hydrogen (secondary N) is 1. The molecule has 1 N–H and O–H groups in total. The van der Waals surface area contributed by atoms with Crippen molar-refractivity contribution < 1.29 is 18.0 Å². The zero-order valence-electron chi connectivity index (χ0n) is 18.3. The van der Waals surface area contributed by atoms with Crippen LogP contribution in [0.2, 0.25) is 0 Å². The molecule has 2 heterocycles. The van der Waals surface area contributed by atoms with E-state index in [9.17, 15) is 18.0 Å². The summed E-state index contributed by atoms with van der Waals surface area (Å²) in [5.41, 5.74) is -0.565. The fourth-order valence-electron chi connectivity index (χ4n) is 3.55. The summed E-state index contributed by atoms with van der Waals surface area (Å²) in [5.74, 6) is -0.160. The first-order valence-electron chi connectivity index (χ1n) is 10.1. The monoisotopic (exact) mass is 476 g/mol. The number of benzene rings is 1. The molecule has 0 radical (unpaired) electrons. The van der Waals surface area contributed by atoms with Crippen molar-refractivity contribution in [2.45, 2.75) is 18.6 Å². The molecule has 1 amide bonds. The van der Waals surface area contributed by atoms with Crippen molar-refractivity contribution in [3.05, 3.63) is 53.3 Å². The maximum Gasteiger partial charge on any atom is 0.419 e. The van der Waals surface area contributed by atoms with Gasteiger partial charge in [0.05, 0.1) is 17.4 Å². The van der Waals surface area contributed by atoms with Gasteiger partial charge in [-0.1, -0.05) is 0 Å². The molecule has 1 fully saturated rings. The first-order valence-corrected chi connectivity index (χ1v) is 10.5. The van der Waals surface area contributed by atoms with Crippen molar-refractivity contribution in [1.82, 2.24) is 15.2 Å². The number of hydrogen-bond donors (Lipinski definition) is 1. The third kappa shape index (κ3) is 5.58. The number of hydrogen-bond acceptors (Lipinski definition) is 5. The fourth-order valence-corrected chi connectivity index (χ4v) is 3.76. The third-order valence-electron chi connectivity index (χ3n) is 5.49. The molecule has 1 aromatic heterocycles. The van der Waals surface area contributed by atoms with E-state index < -0.39 is 17.4 Å². The number of carbonyl (C=O) groups excluding carboxylic acids is 1. The second-order valence-corrected chi connectivity index (χ2v) is 8.23. The molecule has 174 valence electrons. The van der Waals surface area contributed by atoms with Crippen LogP contribution in [0.25, 0.3) is 0 Å². The zero-order chi connectivity index (χ0) is 24.3. The lowest BCUT2D eigenvalue weighted by Gasteiger charge is -2.28. The number of likely N-dealkylation sites (N-methyl/N-ethyl adjacent to an activating group) is 1. The number of rotatable bonds is 4. The number of likely N-dealkylation sites (tertiary alicyclic amines) is 1. The number of alkyl halides is 3. The van der Waals surface area contributed by atoms with Crippen LogP contribution in [-0.4, -0.2) is 61.2 Å². The van der Waals surface area contributed by atoms with E-state index in [2.05, 4.69) is 15.2 Å². The smallest absolute Gasteiger partial charge is 0.348 e. The molecule has 2 aromatic rings. The van der Waals surface area contributed by atoms with Crippen molar-refractivity contribution in [1.29, 1.82) is 5.26 Å². The van der Waals surface area contributed by atoms with Crippen molar-refractivity contribution in [3.8, 4) is 6.07 Å². The summed E-state index contributed by atoms with van der Waals surface area (Å²) in [6.07, 6.45) is -2.64.